The highest BCUT2D eigenvalue weighted by Crippen LogP contribution is 2.44. The molecule has 1 atom stereocenters. The second-order valence-electron chi connectivity index (χ2n) is 8.63. The molecule has 31 heavy (non-hydrogen) atoms. The summed E-state index contributed by atoms with van der Waals surface area (Å²) in [5.74, 6) is 1.01. The monoisotopic (exact) mass is 432 g/mol. The van der Waals surface area contributed by atoms with Gasteiger partial charge in [0.15, 0.2) is 0 Å². The lowest BCUT2D eigenvalue weighted by atomic mass is 9.87. The molecule has 0 bridgehead atoms. The number of aliphatic hydroxyl groups is 1. The fourth-order valence-corrected chi connectivity index (χ4v) is 4.16. The predicted octanol–water partition coefficient (Wildman–Crippen LogP) is 4.02. The molecule has 9 heteroatoms. The topological polar surface area (TPSA) is 72.2 Å². The average molecular weight is 432 g/mol. The summed E-state index contributed by atoms with van der Waals surface area (Å²) < 4.78 is 46.1. The van der Waals surface area contributed by atoms with E-state index in [0.29, 0.717) is 31.5 Å². The summed E-state index contributed by atoms with van der Waals surface area (Å²) >= 11 is 0. The molecule has 1 saturated carbocycles. The molecule has 2 aromatic heterocycles. The van der Waals surface area contributed by atoms with E-state index >= 15 is 0 Å². The van der Waals surface area contributed by atoms with Crippen LogP contribution in [0, 0.1) is 11.3 Å². The molecule has 1 aliphatic heterocycles. The normalized spacial score (nSPS) is 19.2. The number of halogens is 3. The first-order valence-corrected chi connectivity index (χ1v) is 10.3. The minimum Gasteiger partial charge on any atom is -0.396 e. The van der Waals surface area contributed by atoms with E-state index < -0.39 is 11.7 Å². The van der Waals surface area contributed by atoms with Crippen LogP contribution in [0.4, 0.5) is 19.0 Å². The summed E-state index contributed by atoms with van der Waals surface area (Å²) in [5.41, 5.74) is 0.623. The van der Waals surface area contributed by atoms with E-state index in [1.165, 1.54) is 6.33 Å². The highest BCUT2D eigenvalue weighted by Gasteiger charge is 2.39. The van der Waals surface area contributed by atoms with Crippen LogP contribution in [0.15, 0.2) is 42.9 Å². The fourth-order valence-electron chi connectivity index (χ4n) is 4.16. The maximum atomic E-state index is 12.9. The summed E-state index contributed by atoms with van der Waals surface area (Å²) in [4.78, 5) is 8.84. The van der Waals surface area contributed by atoms with Gasteiger partial charge in [-0.1, -0.05) is 12.1 Å². The van der Waals surface area contributed by atoms with Gasteiger partial charge in [-0.2, -0.15) is 13.2 Å². The van der Waals surface area contributed by atoms with Crippen LogP contribution in [-0.2, 0) is 17.5 Å². The number of alkyl halides is 3. The van der Waals surface area contributed by atoms with Crippen LogP contribution in [-0.4, -0.2) is 39.5 Å². The van der Waals surface area contributed by atoms with Crippen molar-refractivity contribution in [1.82, 2.24) is 14.5 Å². The number of nitrogens with one attached hydrogen (secondary N) is 1. The van der Waals surface area contributed by atoms with Crippen molar-refractivity contribution in [1.29, 1.82) is 0 Å². The number of nitrogens with zero attached hydrogens (tertiary/aromatic N) is 3. The molecule has 6 nitrogen and oxygen atoms in total. The average Bonchev–Trinajstić information content (AvgIpc) is 3.49. The molecule has 164 valence electrons. The quantitative estimate of drug-likeness (QED) is 0.590. The molecule has 1 aromatic carbocycles. The molecule has 0 amide bonds. The minimum absolute atomic E-state index is 0.0422. The standard InChI is InChI=1S/C22H23F3N4O2/c23-22(24,25)16-5-3-15(4-6-16)18(14-1-2-14)28-19-17-7-8-29(20(17)27-13-26-19)9-21(10-30)11-31-12-21/h3-8,13-14,18,30H,1-2,9-12H2,(H,26,27,28). The molecular weight excluding hydrogens is 409 g/mol. The Bertz CT molecular complexity index is 1070. The van der Waals surface area contributed by atoms with Crippen LogP contribution in [0.25, 0.3) is 11.0 Å². The molecular formula is C22H23F3N4O2. The third kappa shape index (κ3) is 3.87. The Morgan fingerprint density at radius 1 is 1.16 bits per heavy atom. The Balaban J connectivity index is 1.42. The van der Waals surface area contributed by atoms with Crippen molar-refractivity contribution in [2.75, 3.05) is 25.1 Å². The third-order valence-corrected chi connectivity index (χ3v) is 6.20. The Kier molecular flexibility index (Phi) is 4.90. The number of hydrogen-bond acceptors (Lipinski definition) is 5. The van der Waals surface area contributed by atoms with Gasteiger partial charge in [0.05, 0.1) is 42.2 Å². The number of aliphatic hydroxyl groups excluding tert-OH is 1. The van der Waals surface area contributed by atoms with Crippen LogP contribution < -0.4 is 5.32 Å². The van der Waals surface area contributed by atoms with Crippen molar-refractivity contribution >= 4 is 16.9 Å². The first kappa shape index (κ1) is 20.3. The van der Waals surface area contributed by atoms with Gasteiger partial charge in [-0.25, -0.2) is 9.97 Å². The van der Waals surface area contributed by atoms with Gasteiger partial charge in [-0.15, -0.1) is 0 Å². The van der Waals surface area contributed by atoms with Gasteiger partial charge in [0.25, 0.3) is 0 Å². The van der Waals surface area contributed by atoms with E-state index in [1.54, 1.807) is 12.1 Å². The molecule has 2 aliphatic rings. The molecule has 1 saturated heterocycles. The molecule has 1 unspecified atom stereocenters. The SMILES string of the molecule is OCC1(Cn2ccc3c(NC(c4ccc(C(F)(F)F)cc4)C4CC4)ncnc32)COC1. The van der Waals surface area contributed by atoms with E-state index in [-0.39, 0.29) is 18.1 Å². The zero-order valence-electron chi connectivity index (χ0n) is 16.8. The van der Waals surface area contributed by atoms with Gasteiger partial charge >= 0.3 is 6.18 Å². The maximum absolute atomic E-state index is 12.9. The zero-order valence-corrected chi connectivity index (χ0v) is 16.8. The van der Waals surface area contributed by atoms with Crippen LogP contribution in [0.2, 0.25) is 0 Å². The van der Waals surface area contributed by atoms with Gasteiger partial charge in [-0.05, 0) is 42.5 Å². The van der Waals surface area contributed by atoms with Gasteiger partial charge in [0.2, 0.25) is 0 Å². The van der Waals surface area contributed by atoms with E-state index in [2.05, 4.69) is 15.3 Å². The lowest BCUT2D eigenvalue weighted by Gasteiger charge is -2.40. The molecule has 3 aromatic rings. The van der Waals surface area contributed by atoms with Crippen LogP contribution >= 0.6 is 0 Å². The smallest absolute Gasteiger partial charge is 0.396 e. The molecule has 3 heterocycles. The summed E-state index contributed by atoms with van der Waals surface area (Å²) in [6, 6.07) is 7.17. The van der Waals surface area contributed by atoms with Gasteiger partial charge in [0.1, 0.15) is 17.8 Å². The number of benzene rings is 1. The lowest BCUT2D eigenvalue weighted by Crippen LogP contribution is -2.48. The van der Waals surface area contributed by atoms with Crippen molar-refractivity contribution in [2.24, 2.45) is 11.3 Å². The Morgan fingerprint density at radius 2 is 1.90 bits per heavy atom. The number of ether oxygens (including phenoxy) is 1. The van der Waals surface area contributed by atoms with Crippen molar-refractivity contribution in [3.63, 3.8) is 0 Å². The second kappa shape index (κ2) is 7.49. The lowest BCUT2D eigenvalue weighted by molar-refractivity contribution is -0.144. The van der Waals surface area contributed by atoms with Crippen molar-refractivity contribution in [3.05, 3.63) is 54.0 Å². The zero-order chi connectivity index (χ0) is 21.6. The second-order valence-corrected chi connectivity index (χ2v) is 8.63. The number of anilines is 1. The maximum Gasteiger partial charge on any atom is 0.416 e. The minimum atomic E-state index is -4.35. The summed E-state index contributed by atoms with van der Waals surface area (Å²) in [5, 5.41) is 14.0. The van der Waals surface area contributed by atoms with Crippen molar-refractivity contribution in [3.8, 4) is 0 Å². The van der Waals surface area contributed by atoms with Crippen LogP contribution in [0.5, 0.6) is 0 Å². The molecule has 5 rings (SSSR count). The summed E-state index contributed by atoms with van der Waals surface area (Å²) in [7, 11) is 0. The first-order valence-electron chi connectivity index (χ1n) is 10.3. The Hall–Kier alpha value is -2.65. The van der Waals surface area contributed by atoms with E-state index in [4.69, 9.17) is 4.74 Å². The number of fused-ring (bicyclic) bond motifs is 1. The van der Waals surface area contributed by atoms with Crippen LogP contribution in [0.3, 0.4) is 0 Å². The van der Waals surface area contributed by atoms with E-state index in [9.17, 15) is 18.3 Å². The van der Waals surface area contributed by atoms with Gasteiger partial charge in [-0.3, -0.25) is 0 Å². The molecule has 1 aliphatic carbocycles. The van der Waals surface area contributed by atoms with E-state index in [0.717, 1.165) is 41.6 Å². The number of hydrogen-bond donors (Lipinski definition) is 2. The van der Waals surface area contributed by atoms with Gasteiger partial charge < -0.3 is 19.7 Å². The Labute approximate surface area is 177 Å². The number of rotatable bonds is 7. The van der Waals surface area contributed by atoms with Crippen molar-refractivity contribution in [2.45, 2.75) is 31.6 Å². The van der Waals surface area contributed by atoms with Crippen LogP contribution in [0.1, 0.15) is 30.0 Å². The molecule has 0 radical (unpaired) electrons. The summed E-state index contributed by atoms with van der Waals surface area (Å²) in [6.45, 7) is 1.66. The van der Waals surface area contributed by atoms with E-state index in [1.807, 2.05) is 16.8 Å². The third-order valence-electron chi connectivity index (χ3n) is 6.20. The van der Waals surface area contributed by atoms with Gasteiger partial charge in [0, 0.05) is 12.7 Å². The molecule has 0 spiro atoms. The summed E-state index contributed by atoms with van der Waals surface area (Å²) in [6.07, 6.45) is 1.10. The number of aromatic nitrogens is 3. The fraction of sp³-hybridized carbons (Fsp3) is 0.455. The largest absolute Gasteiger partial charge is 0.416 e. The molecule has 2 fully saturated rings. The highest BCUT2D eigenvalue weighted by molar-refractivity contribution is 5.87. The highest BCUT2D eigenvalue weighted by atomic mass is 19.4. The first-order chi connectivity index (χ1) is 14.9. The van der Waals surface area contributed by atoms with Crippen molar-refractivity contribution < 1.29 is 23.0 Å². The predicted molar refractivity (Wildman–Crippen MR) is 108 cm³/mol. The molecule has 2 N–H and O–H groups in total. The Morgan fingerprint density at radius 3 is 2.48 bits per heavy atom.